The van der Waals surface area contributed by atoms with Gasteiger partial charge in [0.15, 0.2) is 0 Å². The Balaban J connectivity index is 1.26. The molecule has 2 aliphatic rings. The lowest BCUT2D eigenvalue weighted by atomic mass is 9.98. The van der Waals surface area contributed by atoms with Gasteiger partial charge in [0.05, 0.1) is 0 Å². The number of carboxylic acid groups (broad SMARTS) is 1. The summed E-state index contributed by atoms with van der Waals surface area (Å²) in [7, 11) is 0. The van der Waals surface area contributed by atoms with E-state index < -0.39 is 18.1 Å². The van der Waals surface area contributed by atoms with Gasteiger partial charge in [0.1, 0.15) is 12.6 Å². The van der Waals surface area contributed by atoms with Crippen molar-refractivity contribution in [3.63, 3.8) is 0 Å². The van der Waals surface area contributed by atoms with Crippen LogP contribution in [0.4, 0.5) is 10.5 Å². The molecule has 35 heavy (non-hydrogen) atoms. The first-order valence-electron chi connectivity index (χ1n) is 11.7. The molecular formula is C28H26N2O5. The highest BCUT2D eigenvalue weighted by Crippen LogP contribution is 2.44. The number of ether oxygens (including phenoxy) is 1. The molecular weight excluding hydrogens is 444 g/mol. The summed E-state index contributed by atoms with van der Waals surface area (Å²) in [5.41, 5.74) is 5.29. The molecule has 0 aromatic heterocycles. The summed E-state index contributed by atoms with van der Waals surface area (Å²) in [5, 5.41) is 12.2. The van der Waals surface area contributed by atoms with Crippen molar-refractivity contribution in [2.45, 2.75) is 25.3 Å². The molecule has 0 saturated carbocycles. The molecule has 7 nitrogen and oxygen atoms in total. The third-order valence-electron chi connectivity index (χ3n) is 6.91. The van der Waals surface area contributed by atoms with E-state index in [1.165, 1.54) is 4.90 Å². The highest BCUT2D eigenvalue weighted by molar-refractivity contribution is 5.98. The van der Waals surface area contributed by atoms with Crippen molar-refractivity contribution in [1.29, 1.82) is 0 Å². The second-order valence-corrected chi connectivity index (χ2v) is 9.08. The van der Waals surface area contributed by atoms with Gasteiger partial charge in [0, 0.05) is 23.7 Å². The second-order valence-electron chi connectivity index (χ2n) is 9.08. The van der Waals surface area contributed by atoms with E-state index in [9.17, 15) is 19.5 Å². The average molecular weight is 471 g/mol. The van der Waals surface area contributed by atoms with Gasteiger partial charge in [-0.05, 0) is 52.8 Å². The molecule has 0 spiro atoms. The van der Waals surface area contributed by atoms with Crippen molar-refractivity contribution in [3.05, 3.63) is 89.5 Å². The fraction of sp³-hybridized carbons (Fsp3) is 0.250. The van der Waals surface area contributed by atoms with Crippen molar-refractivity contribution in [2.24, 2.45) is 5.92 Å². The van der Waals surface area contributed by atoms with E-state index in [0.717, 1.165) is 22.3 Å². The zero-order chi connectivity index (χ0) is 24.5. The highest BCUT2D eigenvalue weighted by Gasteiger charge is 2.39. The Morgan fingerprint density at radius 2 is 1.63 bits per heavy atom. The van der Waals surface area contributed by atoms with Crippen LogP contribution in [0.2, 0.25) is 0 Å². The van der Waals surface area contributed by atoms with Gasteiger partial charge in [0.2, 0.25) is 0 Å². The number of aliphatic carboxylic acids is 1. The standard InChI is InChI=1S/C28H26N2O5/c1-17-13-14-30(25(17)27(32)33)26(31)18-7-6-8-19(15-18)29-28(34)35-16-24-22-11-4-2-9-20(22)21-10-3-5-12-23(21)24/h2-12,15,17,24-25H,13-14,16H2,1H3,(H,29,34)(H,32,33). The summed E-state index contributed by atoms with van der Waals surface area (Å²) in [4.78, 5) is 38.6. The maximum Gasteiger partial charge on any atom is 0.411 e. The highest BCUT2D eigenvalue weighted by atomic mass is 16.5. The number of nitrogens with zero attached hydrogens (tertiary/aromatic N) is 1. The number of benzene rings is 3. The number of carbonyl (C=O) groups is 3. The molecule has 1 saturated heterocycles. The molecule has 1 heterocycles. The molecule has 2 N–H and O–H groups in total. The largest absolute Gasteiger partial charge is 0.480 e. The zero-order valence-corrected chi connectivity index (χ0v) is 19.3. The van der Waals surface area contributed by atoms with Crippen molar-refractivity contribution in [3.8, 4) is 11.1 Å². The third kappa shape index (κ3) is 4.25. The number of carbonyl (C=O) groups excluding carboxylic acids is 2. The Morgan fingerprint density at radius 1 is 0.971 bits per heavy atom. The van der Waals surface area contributed by atoms with Gasteiger partial charge in [-0.3, -0.25) is 10.1 Å². The van der Waals surface area contributed by atoms with E-state index >= 15 is 0 Å². The fourth-order valence-electron chi connectivity index (χ4n) is 5.20. The molecule has 3 aromatic carbocycles. The smallest absolute Gasteiger partial charge is 0.411 e. The first kappa shape index (κ1) is 22.7. The Labute approximate surface area is 203 Å². The first-order chi connectivity index (χ1) is 16.9. The van der Waals surface area contributed by atoms with Gasteiger partial charge in [-0.25, -0.2) is 9.59 Å². The van der Waals surface area contributed by atoms with Crippen LogP contribution >= 0.6 is 0 Å². The summed E-state index contributed by atoms with van der Waals surface area (Å²) >= 11 is 0. The van der Waals surface area contributed by atoms with Gasteiger partial charge in [-0.15, -0.1) is 0 Å². The lowest BCUT2D eigenvalue weighted by molar-refractivity contribution is -0.142. The molecule has 1 aliphatic carbocycles. The van der Waals surface area contributed by atoms with Crippen molar-refractivity contribution in [1.82, 2.24) is 4.90 Å². The Bertz CT molecular complexity index is 1260. The first-order valence-corrected chi connectivity index (χ1v) is 11.7. The topological polar surface area (TPSA) is 95.9 Å². The van der Waals surface area contributed by atoms with E-state index in [4.69, 9.17) is 4.74 Å². The summed E-state index contributed by atoms with van der Waals surface area (Å²) in [5.74, 6) is -1.53. The van der Waals surface area contributed by atoms with Crippen molar-refractivity contribution >= 4 is 23.7 Å². The van der Waals surface area contributed by atoms with Crippen LogP contribution in [0.3, 0.4) is 0 Å². The average Bonchev–Trinajstić information content (AvgIpc) is 3.40. The normalized spacial score (nSPS) is 18.6. The van der Waals surface area contributed by atoms with Crippen LogP contribution in [0.15, 0.2) is 72.8 Å². The van der Waals surface area contributed by atoms with Crippen LogP contribution in [0.5, 0.6) is 0 Å². The minimum absolute atomic E-state index is 0.0498. The van der Waals surface area contributed by atoms with Crippen molar-refractivity contribution < 1.29 is 24.2 Å². The molecule has 2 atom stereocenters. The zero-order valence-electron chi connectivity index (χ0n) is 19.3. The number of rotatable bonds is 5. The number of carboxylic acids is 1. The van der Waals surface area contributed by atoms with E-state index in [2.05, 4.69) is 29.6 Å². The molecule has 3 aromatic rings. The van der Waals surface area contributed by atoms with Gasteiger partial charge in [-0.1, -0.05) is 61.5 Å². The minimum Gasteiger partial charge on any atom is -0.480 e. The van der Waals surface area contributed by atoms with E-state index in [1.807, 2.05) is 31.2 Å². The molecule has 5 rings (SSSR count). The number of anilines is 1. The lowest BCUT2D eigenvalue weighted by Gasteiger charge is -2.23. The summed E-state index contributed by atoms with van der Waals surface area (Å²) < 4.78 is 5.58. The maximum absolute atomic E-state index is 13.0. The third-order valence-corrected chi connectivity index (χ3v) is 6.91. The van der Waals surface area contributed by atoms with E-state index in [-0.39, 0.29) is 24.3 Å². The molecule has 178 valence electrons. The predicted octanol–water partition coefficient (Wildman–Crippen LogP) is 4.98. The maximum atomic E-state index is 13.0. The molecule has 2 amide bonds. The number of nitrogens with one attached hydrogen (secondary N) is 1. The molecule has 1 fully saturated rings. The summed E-state index contributed by atoms with van der Waals surface area (Å²) in [6, 6.07) is 21.9. The number of likely N-dealkylation sites (tertiary alicyclic amines) is 1. The van der Waals surface area contributed by atoms with Gasteiger partial charge in [-0.2, -0.15) is 0 Å². The number of hydrogen-bond acceptors (Lipinski definition) is 4. The summed E-state index contributed by atoms with van der Waals surface area (Å²) in [6.45, 7) is 2.41. The fourth-order valence-corrected chi connectivity index (χ4v) is 5.20. The van der Waals surface area contributed by atoms with Crippen LogP contribution in [0.1, 0.15) is 40.7 Å². The van der Waals surface area contributed by atoms with Crippen molar-refractivity contribution in [2.75, 3.05) is 18.5 Å². The molecule has 0 bridgehead atoms. The van der Waals surface area contributed by atoms with Crippen LogP contribution < -0.4 is 5.32 Å². The minimum atomic E-state index is -1.00. The predicted molar refractivity (Wildman–Crippen MR) is 131 cm³/mol. The number of amides is 2. The van der Waals surface area contributed by atoms with Crippen LogP contribution in [0, 0.1) is 5.92 Å². The molecule has 7 heteroatoms. The monoisotopic (exact) mass is 470 g/mol. The Morgan fingerprint density at radius 3 is 2.29 bits per heavy atom. The Kier molecular flexibility index (Phi) is 5.99. The molecule has 2 unspecified atom stereocenters. The van der Waals surface area contributed by atoms with Crippen LogP contribution in [-0.4, -0.2) is 47.2 Å². The molecule has 1 aliphatic heterocycles. The van der Waals surface area contributed by atoms with Crippen LogP contribution in [0.25, 0.3) is 11.1 Å². The quantitative estimate of drug-likeness (QED) is 0.548. The number of fused-ring (bicyclic) bond motifs is 3. The van der Waals surface area contributed by atoms with Crippen LogP contribution in [-0.2, 0) is 9.53 Å². The molecule has 0 radical (unpaired) electrons. The number of hydrogen-bond donors (Lipinski definition) is 2. The summed E-state index contributed by atoms with van der Waals surface area (Å²) in [6.07, 6.45) is 0.0232. The van der Waals surface area contributed by atoms with Gasteiger partial charge in [0.25, 0.3) is 5.91 Å². The second kappa shape index (κ2) is 9.25. The van der Waals surface area contributed by atoms with Gasteiger partial charge >= 0.3 is 12.1 Å². The Hall–Kier alpha value is -4.13. The SMILES string of the molecule is CC1CCN(C(=O)c2cccc(NC(=O)OCC3c4ccccc4-c4ccccc43)c2)C1C(=O)O. The van der Waals surface area contributed by atoms with E-state index in [0.29, 0.717) is 24.2 Å². The van der Waals surface area contributed by atoms with Gasteiger partial charge < -0.3 is 14.7 Å². The van der Waals surface area contributed by atoms with E-state index in [1.54, 1.807) is 24.3 Å². The lowest BCUT2D eigenvalue weighted by Crippen LogP contribution is -2.42.